The van der Waals surface area contributed by atoms with E-state index in [1.165, 1.54) is 0 Å². The lowest BCUT2D eigenvalue weighted by atomic mass is 10.3. The third-order valence-corrected chi connectivity index (χ3v) is 2.57. The third kappa shape index (κ3) is 4.36. The number of carbonyl (C=O) groups excluding carboxylic acids is 1. The lowest BCUT2D eigenvalue weighted by molar-refractivity contribution is -0.119. The fourth-order valence-electron chi connectivity index (χ4n) is 1.56. The predicted molar refractivity (Wildman–Crippen MR) is 72.9 cm³/mol. The Hall–Kier alpha value is -2.41. The van der Waals surface area contributed by atoms with Crippen LogP contribution < -0.4 is 15.8 Å². The largest absolute Gasteiger partial charge is 0.492 e. The van der Waals surface area contributed by atoms with E-state index >= 15 is 0 Å². The second-order valence-electron chi connectivity index (χ2n) is 4.12. The van der Waals surface area contributed by atoms with Crippen molar-refractivity contribution in [2.75, 3.05) is 13.2 Å². The Morgan fingerprint density at radius 2 is 2.15 bits per heavy atom. The van der Waals surface area contributed by atoms with Crippen LogP contribution in [0.3, 0.4) is 0 Å². The summed E-state index contributed by atoms with van der Waals surface area (Å²) in [5.74, 6) is 0.606. The van der Waals surface area contributed by atoms with Crippen LogP contribution in [-0.2, 0) is 17.9 Å². The summed E-state index contributed by atoms with van der Waals surface area (Å²) in [5.41, 5.74) is 5.88. The topological polar surface area (TPSA) is 95.1 Å². The summed E-state index contributed by atoms with van der Waals surface area (Å²) < 4.78 is 7.23. The molecular formula is C13H17N5O2. The molecule has 2 aromatic rings. The van der Waals surface area contributed by atoms with Gasteiger partial charge in [0.25, 0.3) is 0 Å². The molecule has 3 N–H and O–H groups in total. The molecule has 0 spiro atoms. The van der Waals surface area contributed by atoms with Crippen LogP contribution in [0.25, 0.3) is 0 Å². The summed E-state index contributed by atoms with van der Waals surface area (Å²) in [7, 11) is 0. The Kier molecular flexibility index (Phi) is 5.08. The highest BCUT2D eigenvalue weighted by molar-refractivity contribution is 5.77. The molecule has 1 aromatic heterocycles. The standard InChI is InChI=1S/C13H17N5O2/c14-8-13(19)15-9-11-10-18(17-16-11)6-7-20-12-4-2-1-3-5-12/h1-5,10H,6-9,14H2,(H,15,19). The van der Waals surface area contributed by atoms with E-state index in [2.05, 4.69) is 15.6 Å². The molecular weight excluding hydrogens is 258 g/mol. The van der Waals surface area contributed by atoms with E-state index < -0.39 is 0 Å². The number of benzene rings is 1. The summed E-state index contributed by atoms with van der Waals surface area (Å²) in [6.07, 6.45) is 1.77. The molecule has 1 amide bonds. The van der Waals surface area contributed by atoms with Gasteiger partial charge in [0.15, 0.2) is 0 Å². The van der Waals surface area contributed by atoms with Crippen LogP contribution in [-0.4, -0.2) is 34.1 Å². The summed E-state index contributed by atoms with van der Waals surface area (Å²) in [6, 6.07) is 9.57. The average molecular weight is 275 g/mol. The van der Waals surface area contributed by atoms with Crippen molar-refractivity contribution in [3.8, 4) is 5.75 Å². The molecule has 0 fully saturated rings. The maximum atomic E-state index is 11.0. The molecule has 106 valence electrons. The van der Waals surface area contributed by atoms with Crippen molar-refractivity contribution in [2.45, 2.75) is 13.1 Å². The average Bonchev–Trinajstić information content (AvgIpc) is 2.94. The van der Waals surface area contributed by atoms with Crippen molar-refractivity contribution in [3.05, 3.63) is 42.2 Å². The second-order valence-corrected chi connectivity index (χ2v) is 4.12. The second kappa shape index (κ2) is 7.25. The van der Waals surface area contributed by atoms with Crippen LogP contribution in [0.4, 0.5) is 0 Å². The Balaban J connectivity index is 1.74. The maximum Gasteiger partial charge on any atom is 0.234 e. The molecule has 0 atom stereocenters. The molecule has 0 radical (unpaired) electrons. The SMILES string of the molecule is NCC(=O)NCc1cn(CCOc2ccccc2)nn1. The number of amides is 1. The van der Waals surface area contributed by atoms with E-state index in [1.54, 1.807) is 10.9 Å². The molecule has 7 nitrogen and oxygen atoms in total. The highest BCUT2D eigenvalue weighted by Crippen LogP contribution is 2.07. The number of nitrogens with two attached hydrogens (primary N) is 1. The van der Waals surface area contributed by atoms with E-state index in [0.29, 0.717) is 25.4 Å². The van der Waals surface area contributed by atoms with Gasteiger partial charge >= 0.3 is 0 Å². The van der Waals surface area contributed by atoms with E-state index in [9.17, 15) is 4.79 Å². The van der Waals surface area contributed by atoms with Gasteiger partial charge < -0.3 is 15.8 Å². The molecule has 1 heterocycles. The van der Waals surface area contributed by atoms with Crippen LogP contribution >= 0.6 is 0 Å². The smallest absolute Gasteiger partial charge is 0.234 e. The molecule has 7 heteroatoms. The van der Waals surface area contributed by atoms with E-state index in [1.807, 2.05) is 30.3 Å². The molecule has 20 heavy (non-hydrogen) atoms. The first kappa shape index (κ1) is 14.0. The van der Waals surface area contributed by atoms with Gasteiger partial charge in [0.05, 0.1) is 25.8 Å². The van der Waals surface area contributed by atoms with Crippen LogP contribution in [0.2, 0.25) is 0 Å². The van der Waals surface area contributed by atoms with Crippen LogP contribution in [0.1, 0.15) is 5.69 Å². The van der Waals surface area contributed by atoms with Gasteiger partial charge in [-0.2, -0.15) is 0 Å². The first-order valence-electron chi connectivity index (χ1n) is 6.31. The number of nitrogens with zero attached hydrogens (tertiary/aromatic N) is 3. The van der Waals surface area contributed by atoms with Gasteiger partial charge in [-0.25, -0.2) is 4.68 Å². The molecule has 0 aliphatic carbocycles. The molecule has 0 aliphatic rings. The molecule has 0 unspecified atom stereocenters. The predicted octanol–water partition coefficient (Wildman–Crippen LogP) is -0.0680. The number of ether oxygens (including phenoxy) is 1. The van der Waals surface area contributed by atoms with Gasteiger partial charge in [-0.1, -0.05) is 23.4 Å². The third-order valence-electron chi connectivity index (χ3n) is 2.57. The zero-order valence-electron chi connectivity index (χ0n) is 11.0. The zero-order chi connectivity index (χ0) is 14.2. The van der Waals surface area contributed by atoms with Crippen molar-refractivity contribution in [1.29, 1.82) is 0 Å². The molecule has 1 aromatic carbocycles. The van der Waals surface area contributed by atoms with Crippen LogP contribution in [0.15, 0.2) is 36.5 Å². The number of aromatic nitrogens is 3. The lowest BCUT2D eigenvalue weighted by Gasteiger charge is -2.05. The Labute approximate surface area is 116 Å². The summed E-state index contributed by atoms with van der Waals surface area (Å²) in [6.45, 7) is 1.39. The summed E-state index contributed by atoms with van der Waals surface area (Å²) in [5, 5.41) is 10.5. The van der Waals surface area contributed by atoms with Gasteiger partial charge in [0, 0.05) is 0 Å². The lowest BCUT2D eigenvalue weighted by Crippen LogP contribution is -2.29. The summed E-state index contributed by atoms with van der Waals surface area (Å²) in [4.78, 5) is 11.0. The van der Waals surface area contributed by atoms with Crippen molar-refractivity contribution in [3.63, 3.8) is 0 Å². The van der Waals surface area contributed by atoms with Gasteiger partial charge in [-0.05, 0) is 12.1 Å². The van der Waals surface area contributed by atoms with Crippen molar-refractivity contribution in [1.82, 2.24) is 20.3 Å². The quantitative estimate of drug-likeness (QED) is 0.737. The van der Waals surface area contributed by atoms with Crippen molar-refractivity contribution >= 4 is 5.91 Å². The van der Waals surface area contributed by atoms with E-state index in [-0.39, 0.29) is 12.5 Å². The van der Waals surface area contributed by atoms with Gasteiger partial charge in [-0.3, -0.25) is 4.79 Å². The van der Waals surface area contributed by atoms with Gasteiger partial charge in [0.1, 0.15) is 18.1 Å². The highest BCUT2D eigenvalue weighted by atomic mass is 16.5. The minimum atomic E-state index is -0.216. The monoisotopic (exact) mass is 275 g/mol. The van der Waals surface area contributed by atoms with Crippen molar-refractivity contribution < 1.29 is 9.53 Å². The zero-order valence-corrected chi connectivity index (χ0v) is 11.0. The van der Waals surface area contributed by atoms with Gasteiger partial charge in [0.2, 0.25) is 5.91 Å². The first-order chi connectivity index (χ1) is 9.78. The molecule has 0 aliphatic heterocycles. The molecule has 2 rings (SSSR count). The van der Waals surface area contributed by atoms with Gasteiger partial charge in [-0.15, -0.1) is 5.10 Å². The molecule has 0 saturated carbocycles. The maximum absolute atomic E-state index is 11.0. The number of rotatable bonds is 7. The Morgan fingerprint density at radius 1 is 1.35 bits per heavy atom. The number of nitrogens with one attached hydrogen (secondary N) is 1. The number of hydrogen-bond acceptors (Lipinski definition) is 5. The number of para-hydroxylation sites is 1. The van der Waals surface area contributed by atoms with Crippen LogP contribution in [0.5, 0.6) is 5.75 Å². The minimum absolute atomic E-state index is 0.0287. The van der Waals surface area contributed by atoms with E-state index in [0.717, 1.165) is 5.75 Å². The Morgan fingerprint density at radius 3 is 2.90 bits per heavy atom. The van der Waals surface area contributed by atoms with Crippen LogP contribution in [0, 0.1) is 0 Å². The minimum Gasteiger partial charge on any atom is -0.492 e. The summed E-state index contributed by atoms with van der Waals surface area (Å²) >= 11 is 0. The Bertz CT molecular complexity index is 541. The fourth-order valence-corrected chi connectivity index (χ4v) is 1.56. The number of hydrogen-bond donors (Lipinski definition) is 2. The van der Waals surface area contributed by atoms with Crippen molar-refractivity contribution in [2.24, 2.45) is 5.73 Å². The number of carbonyl (C=O) groups is 1. The molecule has 0 bridgehead atoms. The highest BCUT2D eigenvalue weighted by Gasteiger charge is 2.03. The molecule has 0 saturated heterocycles. The normalized spacial score (nSPS) is 10.2. The van der Waals surface area contributed by atoms with E-state index in [4.69, 9.17) is 10.5 Å². The first-order valence-corrected chi connectivity index (χ1v) is 6.31. The fraction of sp³-hybridized carbons (Fsp3) is 0.308.